The van der Waals surface area contributed by atoms with Gasteiger partial charge in [-0.3, -0.25) is 9.59 Å². The third-order valence-corrected chi connectivity index (χ3v) is 4.08. The molecule has 0 bridgehead atoms. The summed E-state index contributed by atoms with van der Waals surface area (Å²) in [5.74, 6) is -2.56. The summed E-state index contributed by atoms with van der Waals surface area (Å²) in [4.78, 5) is 25.5. The van der Waals surface area contributed by atoms with Crippen LogP contribution in [0.25, 0.3) is 0 Å². The van der Waals surface area contributed by atoms with Crippen LogP contribution in [0.1, 0.15) is 42.1 Å². The zero-order valence-electron chi connectivity index (χ0n) is 13.7. The number of esters is 1. The maximum absolute atomic E-state index is 13.1. The zero-order valence-corrected chi connectivity index (χ0v) is 13.7. The highest BCUT2D eigenvalue weighted by Gasteiger charge is 2.37. The largest absolute Gasteiger partial charge is 0.465 e. The van der Waals surface area contributed by atoms with Gasteiger partial charge >= 0.3 is 12.1 Å². The van der Waals surface area contributed by atoms with E-state index in [4.69, 9.17) is 4.74 Å². The summed E-state index contributed by atoms with van der Waals surface area (Å²) < 4.78 is 57.3. The van der Waals surface area contributed by atoms with E-state index in [1.165, 1.54) is 4.90 Å². The van der Waals surface area contributed by atoms with Gasteiger partial charge in [0.15, 0.2) is 0 Å². The van der Waals surface area contributed by atoms with Crippen molar-refractivity contribution in [2.24, 2.45) is 5.92 Å². The van der Waals surface area contributed by atoms with Gasteiger partial charge in [-0.25, -0.2) is 4.39 Å². The number of alkyl halides is 3. The number of nitrogens with zero attached hydrogens (tertiary/aromatic N) is 1. The lowest BCUT2D eigenvalue weighted by Gasteiger charge is -2.31. The lowest BCUT2D eigenvalue weighted by atomic mass is 9.96. The Balaban J connectivity index is 2.07. The van der Waals surface area contributed by atoms with Gasteiger partial charge in [0.25, 0.3) is 5.91 Å². The second-order valence-corrected chi connectivity index (χ2v) is 5.92. The summed E-state index contributed by atoms with van der Waals surface area (Å²) in [5.41, 5.74) is -1.87. The van der Waals surface area contributed by atoms with Crippen molar-refractivity contribution in [3.05, 3.63) is 35.1 Å². The van der Waals surface area contributed by atoms with Crippen LogP contribution in [0, 0.1) is 11.7 Å². The second kappa shape index (κ2) is 7.84. The molecule has 1 aromatic carbocycles. The first-order valence-corrected chi connectivity index (χ1v) is 8.06. The molecule has 1 amide bonds. The molecule has 0 radical (unpaired) electrons. The highest BCUT2D eigenvalue weighted by Crippen LogP contribution is 2.33. The van der Waals surface area contributed by atoms with Gasteiger partial charge in [-0.15, -0.1) is 0 Å². The van der Waals surface area contributed by atoms with E-state index in [9.17, 15) is 27.2 Å². The molecule has 2 rings (SSSR count). The van der Waals surface area contributed by atoms with Crippen molar-refractivity contribution in [1.82, 2.24) is 4.90 Å². The molecule has 0 N–H and O–H groups in total. The summed E-state index contributed by atoms with van der Waals surface area (Å²) in [7, 11) is 0. The summed E-state index contributed by atoms with van der Waals surface area (Å²) in [6.07, 6.45) is -3.46. The van der Waals surface area contributed by atoms with Gasteiger partial charge in [0, 0.05) is 13.1 Å². The van der Waals surface area contributed by atoms with Gasteiger partial charge in [-0.2, -0.15) is 13.2 Å². The number of hydrogen-bond donors (Lipinski definition) is 0. The lowest BCUT2D eigenvalue weighted by molar-refractivity contribution is -0.150. The summed E-state index contributed by atoms with van der Waals surface area (Å²) in [6.45, 7) is 2.50. The number of ether oxygens (including phenoxy) is 1. The maximum atomic E-state index is 13.1. The van der Waals surface area contributed by atoms with Crippen LogP contribution in [0.3, 0.4) is 0 Å². The molecule has 0 unspecified atom stereocenters. The molecule has 0 saturated carbocycles. The average Bonchev–Trinajstić information content (AvgIpc) is 2.58. The Morgan fingerprint density at radius 3 is 2.44 bits per heavy atom. The van der Waals surface area contributed by atoms with Crippen molar-refractivity contribution in [3.63, 3.8) is 0 Å². The minimum atomic E-state index is -4.82. The van der Waals surface area contributed by atoms with E-state index in [0.29, 0.717) is 31.9 Å². The van der Waals surface area contributed by atoms with Gasteiger partial charge in [0.05, 0.1) is 23.7 Å². The number of carbonyl (C=O) groups excluding carboxylic acids is 2. The third-order valence-electron chi connectivity index (χ3n) is 4.08. The van der Waals surface area contributed by atoms with Gasteiger partial charge in [-0.05, 0) is 37.5 Å². The van der Waals surface area contributed by atoms with Crippen molar-refractivity contribution in [1.29, 1.82) is 0 Å². The number of piperidine rings is 1. The predicted octanol–water partition coefficient (Wildman–Crippen LogP) is 3.65. The van der Waals surface area contributed by atoms with Crippen LogP contribution < -0.4 is 0 Å². The van der Waals surface area contributed by atoms with Crippen LogP contribution in [0.4, 0.5) is 17.6 Å². The zero-order chi connectivity index (χ0) is 18.6. The number of rotatable bonds is 4. The first-order valence-electron chi connectivity index (χ1n) is 8.06. The number of halogens is 4. The normalized spacial score (nSPS) is 16.0. The van der Waals surface area contributed by atoms with E-state index in [1.807, 2.05) is 6.92 Å². The van der Waals surface area contributed by atoms with Crippen molar-refractivity contribution in [2.75, 3.05) is 19.7 Å². The van der Waals surface area contributed by atoms with Crippen molar-refractivity contribution < 1.29 is 31.9 Å². The van der Waals surface area contributed by atoms with Crippen LogP contribution in [0.15, 0.2) is 18.2 Å². The average molecular weight is 361 g/mol. The molecule has 1 heterocycles. The van der Waals surface area contributed by atoms with Gasteiger partial charge in [0.1, 0.15) is 5.82 Å². The quantitative estimate of drug-likeness (QED) is 0.608. The molecule has 0 aliphatic carbocycles. The monoisotopic (exact) mass is 361 g/mol. The number of amides is 1. The Morgan fingerprint density at radius 1 is 1.24 bits per heavy atom. The van der Waals surface area contributed by atoms with Crippen LogP contribution in [0.5, 0.6) is 0 Å². The number of hydrogen-bond acceptors (Lipinski definition) is 3. The topological polar surface area (TPSA) is 46.6 Å². The van der Waals surface area contributed by atoms with E-state index >= 15 is 0 Å². The predicted molar refractivity (Wildman–Crippen MR) is 81.3 cm³/mol. The number of carbonyl (C=O) groups is 2. The van der Waals surface area contributed by atoms with Crippen LogP contribution in [0.2, 0.25) is 0 Å². The molecule has 0 atom stereocenters. The number of benzene rings is 1. The van der Waals surface area contributed by atoms with Gasteiger partial charge in [-0.1, -0.05) is 6.92 Å². The number of likely N-dealkylation sites (tertiary alicyclic amines) is 1. The van der Waals surface area contributed by atoms with Crippen molar-refractivity contribution in [3.8, 4) is 0 Å². The second-order valence-electron chi connectivity index (χ2n) is 5.92. The molecule has 1 aliphatic heterocycles. The Labute approximate surface area is 142 Å². The molecule has 8 heteroatoms. The molecule has 0 spiro atoms. The molecule has 1 aliphatic rings. The molecule has 1 aromatic rings. The van der Waals surface area contributed by atoms with E-state index in [2.05, 4.69) is 0 Å². The molecule has 4 nitrogen and oxygen atoms in total. The standard InChI is InChI=1S/C17H19F4NO3/c1-2-9-25-16(24)11-5-7-22(8-6-11)15(23)13-4-3-12(18)10-14(13)17(19,20)21/h3-4,10-11H,2,5-9H2,1H3. The first-order chi connectivity index (χ1) is 11.7. The van der Waals surface area contributed by atoms with Gasteiger partial charge < -0.3 is 9.64 Å². The van der Waals surface area contributed by atoms with E-state index < -0.39 is 29.0 Å². The Hall–Kier alpha value is -2.12. The molecule has 25 heavy (non-hydrogen) atoms. The fourth-order valence-electron chi connectivity index (χ4n) is 2.75. The molecule has 1 saturated heterocycles. The highest BCUT2D eigenvalue weighted by molar-refractivity contribution is 5.96. The smallest absolute Gasteiger partial charge is 0.417 e. The minimum Gasteiger partial charge on any atom is -0.465 e. The highest BCUT2D eigenvalue weighted by atomic mass is 19.4. The van der Waals surface area contributed by atoms with Crippen molar-refractivity contribution in [2.45, 2.75) is 32.4 Å². The SMILES string of the molecule is CCCOC(=O)C1CCN(C(=O)c2ccc(F)cc2C(F)(F)F)CC1. The lowest BCUT2D eigenvalue weighted by Crippen LogP contribution is -2.41. The van der Waals surface area contributed by atoms with Crippen LogP contribution in [-0.4, -0.2) is 36.5 Å². The summed E-state index contributed by atoms with van der Waals surface area (Å²) in [5, 5.41) is 0. The Kier molecular flexibility index (Phi) is 6.02. The van der Waals surface area contributed by atoms with Crippen LogP contribution >= 0.6 is 0 Å². The van der Waals surface area contributed by atoms with Crippen LogP contribution in [-0.2, 0) is 15.7 Å². The Morgan fingerprint density at radius 2 is 1.88 bits per heavy atom. The van der Waals surface area contributed by atoms with E-state index in [0.717, 1.165) is 12.1 Å². The minimum absolute atomic E-state index is 0.152. The molecular weight excluding hydrogens is 342 g/mol. The summed E-state index contributed by atoms with van der Waals surface area (Å²) in [6, 6.07) is 2.00. The molecule has 138 valence electrons. The fourth-order valence-corrected chi connectivity index (χ4v) is 2.75. The maximum Gasteiger partial charge on any atom is 0.417 e. The summed E-state index contributed by atoms with van der Waals surface area (Å²) >= 11 is 0. The van der Waals surface area contributed by atoms with Crippen molar-refractivity contribution >= 4 is 11.9 Å². The Bertz CT molecular complexity index is 637. The first kappa shape index (κ1) is 19.2. The molecule has 1 fully saturated rings. The van der Waals surface area contributed by atoms with E-state index in [-0.39, 0.29) is 25.0 Å². The fraction of sp³-hybridized carbons (Fsp3) is 0.529. The molecule has 0 aromatic heterocycles. The molecular formula is C17H19F4NO3. The van der Waals surface area contributed by atoms with Gasteiger partial charge in [0.2, 0.25) is 0 Å². The third kappa shape index (κ3) is 4.70. The van der Waals surface area contributed by atoms with E-state index in [1.54, 1.807) is 0 Å².